The second-order valence-corrected chi connectivity index (χ2v) is 11.0. The van der Waals surface area contributed by atoms with Crippen molar-refractivity contribution in [3.05, 3.63) is 81.4 Å². The van der Waals surface area contributed by atoms with Crippen LogP contribution in [0.15, 0.2) is 42.5 Å². The molecule has 1 amide bonds. The summed E-state index contributed by atoms with van der Waals surface area (Å²) in [6.07, 6.45) is 2.57. The molecule has 1 aliphatic heterocycles. The average Bonchev–Trinajstić information content (AvgIpc) is 3.21. The Balaban J connectivity index is 1.46. The Kier molecular flexibility index (Phi) is 6.46. The van der Waals surface area contributed by atoms with Gasteiger partial charge in [0.25, 0.3) is 0 Å². The van der Waals surface area contributed by atoms with E-state index in [4.69, 9.17) is 26.8 Å². The Labute approximate surface area is 234 Å². The molecule has 0 spiro atoms. The zero-order chi connectivity index (χ0) is 28.3. The van der Waals surface area contributed by atoms with Crippen LogP contribution in [0.1, 0.15) is 58.6 Å². The fourth-order valence-corrected chi connectivity index (χ4v) is 6.88. The highest BCUT2D eigenvalue weighted by molar-refractivity contribution is 6.34. The SMILES string of the molecule is COc1ccc(C(N)=O)c(-c2c(Cl)c(F)cc3c2[C@@H]2c4ccccc4[C@@]2(CNC2CCC(C(=O)O)CC2)O3)c1F. The number of nitrogens with two attached hydrogens (primary N) is 1. The second kappa shape index (κ2) is 9.74. The number of carboxylic acids is 1. The van der Waals surface area contributed by atoms with E-state index in [1.165, 1.54) is 25.3 Å². The van der Waals surface area contributed by atoms with Gasteiger partial charge in [0.2, 0.25) is 5.91 Å². The fraction of sp³-hybridized carbons (Fsp3) is 0.333. The summed E-state index contributed by atoms with van der Waals surface area (Å²) < 4.78 is 42.9. The molecule has 0 unspecified atom stereocenters. The number of ether oxygens (including phenoxy) is 2. The van der Waals surface area contributed by atoms with E-state index in [1.807, 2.05) is 24.3 Å². The van der Waals surface area contributed by atoms with Gasteiger partial charge in [0.05, 0.1) is 29.5 Å². The topological polar surface area (TPSA) is 111 Å². The van der Waals surface area contributed by atoms with E-state index in [0.29, 0.717) is 37.8 Å². The van der Waals surface area contributed by atoms with Crippen molar-refractivity contribution in [2.45, 2.75) is 43.2 Å². The molecule has 2 atom stereocenters. The maximum Gasteiger partial charge on any atom is 0.306 e. The minimum absolute atomic E-state index is 0.00483. The number of carboxylic acid groups (broad SMARTS) is 1. The van der Waals surface area contributed by atoms with Crippen LogP contribution in [0.25, 0.3) is 11.1 Å². The molecule has 40 heavy (non-hydrogen) atoms. The zero-order valence-corrected chi connectivity index (χ0v) is 22.4. The van der Waals surface area contributed by atoms with Gasteiger partial charge in [0.15, 0.2) is 17.2 Å². The summed E-state index contributed by atoms with van der Waals surface area (Å²) in [6, 6.07) is 11.6. The Morgan fingerprint density at radius 3 is 2.55 bits per heavy atom. The number of fused-ring (bicyclic) bond motifs is 6. The molecular formula is C30H27ClF2N2O5. The highest BCUT2D eigenvalue weighted by atomic mass is 35.5. The first-order chi connectivity index (χ1) is 19.2. The lowest BCUT2D eigenvalue weighted by Gasteiger charge is -2.47. The summed E-state index contributed by atoms with van der Waals surface area (Å²) >= 11 is 6.55. The Hall–Kier alpha value is -3.69. The molecule has 4 N–H and O–H groups in total. The number of amides is 1. The third-order valence-corrected chi connectivity index (χ3v) is 8.94. The molecule has 10 heteroatoms. The predicted molar refractivity (Wildman–Crippen MR) is 144 cm³/mol. The van der Waals surface area contributed by atoms with E-state index >= 15 is 8.78 Å². The quantitative estimate of drug-likeness (QED) is 0.354. The number of primary amides is 1. The molecular weight excluding hydrogens is 542 g/mol. The van der Waals surface area contributed by atoms with Crippen LogP contribution in [0.5, 0.6) is 11.5 Å². The lowest BCUT2D eigenvalue weighted by Crippen LogP contribution is -2.54. The molecule has 3 aromatic carbocycles. The summed E-state index contributed by atoms with van der Waals surface area (Å²) in [5.41, 5.74) is 6.59. The van der Waals surface area contributed by atoms with Gasteiger partial charge in [-0.1, -0.05) is 35.9 Å². The fourth-order valence-electron chi connectivity index (χ4n) is 6.63. The molecule has 1 saturated carbocycles. The minimum atomic E-state index is -0.934. The van der Waals surface area contributed by atoms with Gasteiger partial charge in [-0.2, -0.15) is 0 Å². The standard InChI is InChI=1S/C30H27ClF2N2O5/c1-39-20-11-10-17(28(34)36)22(27(20)33)24-23-21(12-19(32)26(24)31)40-30(18-5-3-2-4-16(18)25(23)30)13-35-15-8-6-14(7-9-15)29(37)38/h2-5,10-12,14-15,25,35H,6-9,13H2,1H3,(H2,34,36)(H,37,38)/t14?,15?,25-,30+/m0/s1. The summed E-state index contributed by atoms with van der Waals surface area (Å²) in [7, 11) is 1.29. The molecule has 1 heterocycles. The van der Waals surface area contributed by atoms with Crippen LogP contribution in [-0.2, 0) is 10.4 Å². The van der Waals surface area contributed by atoms with E-state index in [1.54, 1.807) is 0 Å². The third-order valence-electron chi connectivity index (χ3n) is 8.57. The van der Waals surface area contributed by atoms with Crippen LogP contribution < -0.4 is 20.5 Å². The molecule has 2 aliphatic carbocycles. The van der Waals surface area contributed by atoms with Crippen LogP contribution >= 0.6 is 11.6 Å². The first kappa shape index (κ1) is 26.5. The summed E-state index contributed by atoms with van der Waals surface area (Å²) in [6.45, 7) is 0.355. The summed E-state index contributed by atoms with van der Waals surface area (Å²) in [5, 5.41) is 12.6. The number of hydrogen-bond acceptors (Lipinski definition) is 5. The molecule has 0 saturated heterocycles. The average molecular weight is 569 g/mol. The van der Waals surface area contributed by atoms with Crippen LogP contribution in [0.2, 0.25) is 5.02 Å². The number of carbonyl (C=O) groups excluding carboxylic acids is 1. The van der Waals surface area contributed by atoms with Crippen molar-refractivity contribution in [1.29, 1.82) is 0 Å². The molecule has 0 aromatic heterocycles. The minimum Gasteiger partial charge on any atom is -0.494 e. The number of methoxy groups -OCH3 is 1. The van der Waals surface area contributed by atoms with Gasteiger partial charge in [0.1, 0.15) is 11.6 Å². The van der Waals surface area contributed by atoms with E-state index in [0.717, 1.165) is 11.1 Å². The van der Waals surface area contributed by atoms with Gasteiger partial charge in [-0.3, -0.25) is 9.59 Å². The number of rotatable bonds is 7. The van der Waals surface area contributed by atoms with Gasteiger partial charge >= 0.3 is 5.97 Å². The number of hydrogen-bond donors (Lipinski definition) is 3. The van der Waals surface area contributed by atoms with Crippen molar-refractivity contribution in [2.24, 2.45) is 11.7 Å². The molecule has 6 rings (SSSR count). The first-order valence-corrected chi connectivity index (χ1v) is 13.5. The maximum absolute atomic E-state index is 15.9. The van der Waals surface area contributed by atoms with Crippen molar-refractivity contribution in [3.8, 4) is 22.6 Å². The third kappa shape index (κ3) is 3.86. The molecule has 208 valence electrons. The normalized spacial score (nSPS) is 24.2. The van der Waals surface area contributed by atoms with Crippen LogP contribution in [0, 0.1) is 17.6 Å². The number of carbonyl (C=O) groups is 2. The van der Waals surface area contributed by atoms with E-state index in [9.17, 15) is 14.7 Å². The van der Waals surface area contributed by atoms with Crippen LogP contribution in [-0.4, -0.2) is 36.7 Å². The van der Waals surface area contributed by atoms with E-state index in [2.05, 4.69) is 5.32 Å². The van der Waals surface area contributed by atoms with E-state index in [-0.39, 0.29) is 45.2 Å². The maximum atomic E-state index is 15.9. The largest absolute Gasteiger partial charge is 0.494 e. The second-order valence-electron chi connectivity index (χ2n) is 10.6. The highest BCUT2D eigenvalue weighted by Crippen LogP contribution is 2.65. The van der Waals surface area contributed by atoms with Gasteiger partial charge in [-0.05, 0) is 43.4 Å². The molecule has 1 fully saturated rings. The Bertz CT molecular complexity index is 1560. The highest BCUT2D eigenvalue weighted by Gasteiger charge is 2.60. The van der Waals surface area contributed by atoms with Gasteiger partial charge in [-0.15, -0.1) is 0 Å². The first-order valence-electron chi connectivity index (χ1n) is 13.1. The number of aliphatic carboxylic acids is 1. The monoisotopic (exact) mass is 568 g/mol. The Morgan fingerprint density at radius 1 is 1.15 bits per heavy atom. The summed E-state index contributed by atoms with van der Waals surface area (Å²) in [5.74, 6) is -4.11. The smallest absolute Gasteiger partial charge is 0.306 e. The molecule has 7 nitrogen and oxygen atoms in total. The van der Waals surface area contributed by atoms with E-state index < -0.39 is 35.0 Å². The Morgan fingerprint density at radius 2 is 1.88 bits per heavy atom. The predicted octanol–water partition coefficient (Wildman–Crippen LogP) is 5.36. The lowest BCUT2D eigenvalue weighted by atomic mass is 9.61. The lowest BCUT2D eigenvalue weighted by molar-refractivity contribution is -0.142. The number of benzene rings is 3. The van der Waals surface area contributed by atoms with Crippen molar-refractivity contribution < 1.29 is 33.0 Å². The van der Waals surface area contributed by atoms with Crippen LogP contribution in [0.3, 0.4) is 0 Å². The van der Waals surface area contributed by atoms with Gasteiger partial charge < -0.3 is 25.6 Å². The summed E-state index contributed by atoms with van der Waals surface area (Å²) in [4.78, 5) is 23.8. The van der Waals surface area contributed by atoms with Crippen LogP contribution in [0.4, 0.5) is 8.78 Å². The van der Waals surface area contributed by atoms with Gasteiger partial charge in [0, 0.05) is 40.9 Å². The van der Waals surface area contributed by atoms with Crippen molar-refractivity contribution in [3.63, 3.8) is 0 Å². The van der Waals surface area contributed by atoms with Gasteiger partial charge in [-0.25, -0.2) is 8.78 Å². The molecule has 0 bridgehead atoms. The number of nitrogens with one attached hydrogen (secondary N) is 1. The van der Waals surface area contributed by atoms with Crippen molar-refractivity contribution in [1.82, 2.24) is 5.32 Å². The molecule has 0 radical (unpaired) electrons. The zero-order valence-electron chi connectivity index (χ0n) is 21.6. The van der Waals surface area contributed by atoms with Crippen molar-refractivity contribution >= 4 is 23.5 Å². The molecule has 3 aliphatic rings. The van der Waals surface area contributed by atoms with Crippen molar-refractivity contribution in [2.75, 3.05) is 13.7 Å². The number of halogens is 3. The molecule has 3 aromatic rings.